The van der Waals surface area contributed by atoms with Crippen LogP contribution in [0.15, 0.2) is 54.9 Å². The van der Waals surface area contributed by atoms with Gasteiger partial charge in [-0.25, -0.2) is 9.97 Å². The molecule has 0 spiro atoms. The Labute approximate surface area is 200 Å². The van der Waals surface area contributed by atoms with Gasteiger partial charge in [-0.2, -0.15) is 0 Å². The third kappa shape index (κ3) is 5.22. The highest BCUT2D eigenvalue weighted by Crippen LogP contribution is 2.29. The van der Waals surface area contributed by atoms with Gasteiger partial charge in [0.25, 0.3) is 5.91 Å². The third-order valence-electron chi connectivity index (χ3n) is 5.72. The SMILES string of the molecule is CCOc1ccc(C(=O)N2CCN(c3cc(-c4ccc(OC)cc4)ncn3)CC2)cc1OCC. The summed E-state index contributed by atoms with van der Waals surface area (Å²) in [6.45, 7) is 7.49. The molecule has 1 amide bonds. The van der Waals surface area contributed by atoms with E-state index in [2.05, 4.69) is 14.9 Å². The van der Waals surface area contributed by atoms with E-state index in [9.17, 15) is 4.79 Å². The Bertz CT molecular complexity index is 1110. The summed E-state index contributed by atoms with van der Waals surface area (Å²) in [5, 5.41) is 0. The quantitative estimate of drug-likeness (QED) is 0.502. The molecule has 0 N–H and O–H groups in total. The lowest BCUT2D eigenvalue weighted by Gasteiger charge is -2.35. The Morgan fingerprint density at radius 1 is 0.882 bits per heavy atom. The van der Waals surface area contributed by atoms with E-state index in [0.29, 0.717) is 56.5 Å². The van der Waals surface area contributed by atoms with Gasteiger partial charge in [0, 0.05) is 43.4 Å². The van der Waals surface area contributed by atoms with Crippen molar-refractivity contribution in [1.82, 2.24) is 14.9 Å². The molecule has 0 bridgehead atoms. The second kappa shape index (κ2) is 10.9. The number of carbonyl (C=O) groups is 1. The van der Waals surface area contributed by atoms with Crippen LogP contribution in [0.3, 0.4) is 0 Å². The van der Waals surface area contributed by atoms with Gasteiger partial charge in [0.1, 0.15) is 17.9 Å². The lowest BCUT2D eigenvalue weighted by molar-refractivity contribution is 0.0746. The molecule has 0 atom stereocenters. The summed E-state index contributed by atoms with van der Waals surface area (Å²) < 4.78 is 16.5. The van der Waals surface area contributed by atoms with Crippen molar-refractivity contribution in [2.45, 2.75) is 13.8 Å². The van der Waals surface area contributed by atoms with E-state index in [-0.39, 0.29) is 5.91 Å². The predicted octanol–water partition coefficient (Wildman–Crippen LogP) is 3.91. The Balaban J connectivity index is 1.42. The minimum atomic E-state index is -0.00902. The maximum Gasteiger partial charge on any atom is 0.254 e. The number of anilines is 1. The highest BCUT2D eigenvalue weighted by atomic mass is 16.5. The summed E-state index contributed by atoms with van der Waals surface area (Å²) in [6, 6.07) is 15.2. The zero-order valence-electron chi connectivity index (χ0n) is 19.9. The molecule has 8 nitrogen and oxygen atoms in total. The minimum Gasteiger partial charge on any atom is -0.497 e. The molecule has 2 heterocycles. The topological polar surface area (TPSA) is 77.0 Å². The summed E-state index contributed by atoms with van der Waals surface area (Å²) in [5.41, 5.74) is 2.45. The molecule has 178 valence electrons. The van der Waals surface area contributed by atoms with Crippen molar-refractivity contribution in [1.29, 1.82) is 0 Å². The fraction of sp³-hybridized carbons (Fsp3) is 0.346. The van der Waals surface area contributed by atoms with Crippen molar-refractivity contribution in [3.63, 3.8) is 0 Å². The van der Waals surface area contributed by atoms with Gasteiger partial charge in [0.2, 0.25) is 0 Å². The van der Waals surface area contributed by atoms with Crippen LogP contribution in [0.25, 0.3) is 11.3 Å². The largest absolute Gasteiger partial charge is 0.497 e. The van der Waals surface area contributed by atoms with Crippen molar-refractivity contribution in [3.05, 3.63) is 60.4 Å². The van der Waals surface area contributed by atoms with Gasteiger partial charge in [-0.15, -0.1) is 0 Å². The van der Waals surface area contributed by atoms with Crippen molar-refractivity contribution in [2.24, 2.45) is 0 Å². The van der Waals surface area contributed by atoms with Crippen molar-refractivity contribution in [3.8, 4) is 28.5 Å². The van der Waals surface area contributed by atoms with Crippen LogP contribution >= 0.6 is 0 Å². The van der Waals surface area contributed by atoms with E-state index in [4.69, 9.17) is 14.2 Å². The van der Waals surface area contributed by atoms with E-state index >= 15 is 0 Å². The molecule has 3 aromatic rings. The highest BCUT2D eigenvalue weighted by molar-refractivity contribution is 5.95. The van der Waals surface area contributed by atoms with Crippen LogP contribution in [-0.4, -0.2) is 67.3 Å². The molecule has 34 heavy (non-hydrogen) atoms. The van der Waals surface area contributed by atoms with E-state index in [1.54, 1.807) is 31.6 Å². The molecular weight excluding hydrogens is 432 g/mol. The maximum absolute atomic E-state index is 13.1. The van der Waals surface area contributed by atoms with Crippen LogP contribution < -0.4 is 19.1 Å². The summed E-state index contributed by atoms with van der Waals surface area (Å²) in [5.74, 6) is 2.90. The number of ether oxygens (including phenoxy) is 3. The summed E-state index contributed by atoms with van der Waals surface area (Å²) in [4.78, 5) is 26.1. The Kier molecular flexibility index (Phi) is 7.47. The Morgan fingerprint density at radius 3 is 2.26 bits per heavy atom. The van der Waals surface area contributed by atoms with Crippen molar-refractivity contribution >= 4 is 11.7 Å². The van der Waals surface area contributed by atoms with Gasteiger partial charge < -0.3 is 24.0 Å². The molecule has 4 rings (SSSR count). The molecule has 1 aliphatic heterocycles. The van der Waals surface area contributed by atoms with Gasteiger partial charge in [-0.1, -0.05) is 0 Å². The number of piperazine rings is 1. The molecule has 0 aliphatic carbocycles. The average Bonchev–Trinajstić information content (AvgIpc) is 2.90. The number of rotatable bonds is 8. The molecule has 0 radical (unpaired) electrons. The summed E-state index contributed by atoms with van der Waals surface area (Å²) >= 11 is 0. The lowest BCUT2D eigenvalue weighted by atomic mass is 10.1. The Morgan fingerprint density at radius 2 is 1.59 bits per heavy atom. The predicted molar refractivity (Wildman–Crippen MR) is 131 cm³/mol. The van der Waals surface area contributed by atoms with Gasteiger partial charge in [0.15, 0.2) is 11.5 Å². The first-order valence-electron chi connectivity index (χ1n) is 11.5. The van der Waals surface area contributed by atoms with Gasteiger partial charge in [0.05, 0.1) is 26.0 Å². The van der Waals surface area contributed by atoms with Gasteiger partial charge in [-0.05, 0) is 56.3 Å². The molecule has 8 heteroatoms. The number of nitrogens with zero attached hydrogens (tertiary/aromatic N) is 4. The number of aromatic nitrogens is 2. The second-order valence-corrected chi connectivity index (χ2v) is 7.80. The molecule has 2 aromatic carbocycles. The first-order chi connectivity index (χ1) is 16.6. The first kappa shape index (κ1) is 23.4. The number of hydrogen-bond acceptors (Lipinski definition) is 7. The maximum atomic E-state index is 13.1. The monoisotopic (exact) mass is 462 g/mol. The van der Waals surface area contributed by atoms with Crippen LogP contribution in [0.1, 0.15) is 24.2 Å². The van der Waals surface area contributed by atoms with Crippen molar-refractivity contribution < 1.29 is 19.0 Å². The fourth-order valence-corrected chi connectivity index (χ4v) is 3.94. The number of benzene rings is 2. The Hall–Kier alpha value is -3.81. The molecule has 1 aromatic heterocycles. The zero-order chi connectivity index (χ0) is 23.9. The normalized spacial score (nSPS) is 13.5. The molecule has 0 unspecified atom stereocenters. The van der Waals surface area contributed by atoms with E-state index < -0.39 is 0 Å². The summed E-state index contributed by atoms with van der Waals surface area (Å²) in [7, 11) is 1.65. The zero-order valence-corrected chi connectivity index (χ0v) is 19.9. The standard InChI is InChI=1S/C26H30N4O4/c1-4-33-23-11-8-20(16-24(23)34-5-2)26(31)30-14-12-29(13-15-30)25-17-22(27-18-28-25)19-6-9-21(32-3)10-7-19/h6-11,16-18H,4-5,12-15H2,1-3H3. The van der Waals surface area contributed by atoms with Gasteiger partial charge in [-0.3, -0.25) is 4.79 Å². The van der Waals surface area contributed by atoms with Crippen LogP contribution in [0.4, 0.5) is 5.82 Å². The van der Waals surface area contributed by atoms with Crippen LogP contribution in [-0.2, 0) is 0 Å². The van der Waals surface area contributed by atoms with Crippen LogP contribution in [0.2, 0.25) is 0 Å². The fourth-order valence-electron chi connectivity index (χ4n) is 3.94. The lowest BCUT2D eigenvalue weighted by Crippen LogP contribution is -2.49. The molecular formula is C26H30N4O4. The molecule has 0 saturated carbocycles. The van der Waals surface area contributed by atoms with Crippen LogP contribution in [0, 0.1) is 0 Å². The smallest absolute Gasteiger partial charge is 0.254 e. The van der Waals surface area contributed by atoms with Crippen molar-refractivity contribution in [2.75, 3.05) is 51.4 Å². The number of carbonyl (C=O) groups excluding carboxylic acids is 1. The number of methoxy groups -OCH3 is 1. The van der Waals surface area contributed by atoms with Gasteiger partial charge >= 0.3 is 0 Å². The summed E-state index contributed by atoms with van der Waals surface area (Å²) in [6.07, 6.45) is 1.58. The first-order valence-corrected chi connectivity index (χ1v) is 11.5. The molecule has 1 saturated heterocycles. The molecule has 1 aliphatic rings. The average molecular weight is 463 g/mol. The number of amides is 1. The number of hydrogen-bond donors (Lipinski definition) is 0. The highest BCUT2D eigenvalue weighted by Gasteiger charge is 2.24. The van der Waals surface area contributed by atoms with Crippen LogP contribution in [0.5, 0.6) is 17.2 Å². The van der Waals surface area contributed by atoms with E-state index in [1.165, 1.54) is 0 Å². The molecule has 1 fully saturated rings. The van der Waals surface area contributed by atoms with E-state index in [0.717, 1.165) is 22.8 Å². The third-order valence-corrected chi connectivity index (χ3v) is 5.72. The minimum absolute atomic E-state index is 0.00902. The second-order valence-electron chi connectivity index (χ2n) is 7.80. The van der Waals surface area contributed by atoms with E-state index in [1.807, 2.05) is 49.1 Å².